The van der Waals surface area contributed by atoms with Gasteiger partial charge >= 0.3 is 0 Å². The normalized spacial score (nSPS) is 14.0. The number of hydrogen-bond acceptors (Lipinski definition) is 1. The molecule has 2 heterocycles. The van der Waals surface area contributed by atoms with Crippen LogP contribution in [0.3, 0.4) is 0 Å². The van der Waals surface area contributed by atoms with Crippen LogP contribution in [0.15, 0.2) is 54.6 Å². The van der Waals surface area contributed by atoms with Crippen molar-refractivity contribution in [3.63, 3.8) is 0 Å². The van der Waals surface area contributed by atoms with E-state index in [0.29, 0.717) is 6.42 Å². The first kappa shape index (κ1) is 14.1. The fourth-order valence-electron chi connectivity index (χ4n) is 3.43. The first-order valence-electron chi connectivity index (χ1n) is 8.21. The zero-order valence-electron chi connectivity index (χ0n) is 13.1. The van der Waals surface area contributed by atoms with E-state index in [1.807, 2.05) is 29.2 Å². The summed E-state index contributed by atoms with van der Waals surface area (Å²) in [5.74, 6) is 0.254. The Kier molecular flexibility index (Phi) is 3.62. The molecule has 0 unspecified atom stereocenters. The van der Waals surface area contributed by atoms with Crippen LogP contribution < -0.4 is 0 Å². The van der Waals surface area contributed by atoms with Crippen LogP contribution in [0.25, 0.3) is 10.9 Å². The van der Waals surface area contributed by atoms with Crippen molar-refractivity contribution in [1.82, 2.24) is 9.88 Å². The molecular formula is C20H20N2O. The summed E-state index contributed by atoms with van der Waals surface area (Å²) in [5.41, 5.74) is 4.99. The van der Waals surface area contributed by atoms with Crippen LogP contribution in [-0.4, -0.2) is 22.3 Å². The van der Waals surface area contributed by atoms with Crippen molar-refractivity contribution in [3.8, 4) is 0 Å². The number of fused-ring (bicyclic) bond motifs is 3. The third-order valence-electron chi connectivity index (χ3n) is 4.71. The predicted octanol–water partition coefficient (Wildman–Crippen LogP) is 3.69. The molecule has 0 radical (unpaired) electrons. The Hall–Kier alpha value is -2.55. The molecule has 23 heavy (non-hydrogen) atoms. The first-order chi connectivity index (χ1) is 11.3. The molecule has 3 heteroatoms. The van der Waals surface area contributed by atoms with E-state index in [1.54, 1.807) is 0 Å². The standard InChI is InChI=1S/C20H20N2O/c23-20(11-10-15-6-2-1-3-7-15)22-13-12-19-17(14-22)16-8-4-5-9-18(16)21-19/h1-9,21H,10-14H2. The molecule has 0 saturated carbocycles. The summed E-state index contributed by atoms with van der Waals surface area (Å²) in [7, 11) is 0. The van der Waals surface area contributed by atoms with E-state index in [0.717, 1.165) is 25.9 Å². The summed E-state index contributed by atoms with van der Waals surface area (Å²) in [6, 6.07) is 18.6. The molecule has 4 rings (SSSR count). The summed E-state index contributed by atoms with van der Waals surface area (Å²) in [6.07, 6.45) is 2.32. The van der Waals surface area contributed by atoms with Gasteiger partial charge in [0.1, 0.15) is 0 Å². The number of para-hydroxylation sites is 1. The van der Waals surface area contributed by atoms with Crippen molar-refractivity contribution in [2.75, 3.05) is 6.54 Å². The van der Waals surface area contributed by atoms with Crippen LogP contribution in [0.2, 0.25) is 0 Å². The lowest BCUT2D eigenvalue weighted by atomic mass is 10.0. The maximum atomic E-state index is 12.6. The Morgan fingerprint density at radius 2 is 1.83 bits per heavy atom. The van der Waals surface area contributed by atoms with Crippen LogP contribution in [-0.2, 0) is 24.2 Å². The lowest BCUT2D eigenvalue weighted by Crippen LogP contribution is -2.35. The van der Waals surface area contributed by atoms with E-state index in [2.05, 4.69) is 35.3 Å². The number of aromatic nitrogens is 1. The molecular weight excluding hydrogens is 284 g/mol. The zero-order chi connectivity index (χ0) is 15.6. The molecule has 116 valence electrons. The van der Waals surface area contributed by atoms with Crippen LogP contribution in [0.1, 0.15) is 23.2 Å². The fourth-order valence-corrected chi connectivity index (χ4v) is 3.43. The quantitative estimate of drug-likeness (QED) is 0.787. The molecule has 1 aliphatic heterocycles. The molecule has 0 saturated heterocycles. The maximum absolute atomic E-state index is 12.6. The van der Waals surface area contributed by atoms with Crippen LogP contribution >= 0.6 is 0 Å². The second-order valence-corrected chi connectivity index (χ2v) is 6.18. The highest BCUT2D eigenvalue weighted by Gasteiger charge is 2.23. The summed E-state index contributed by atoms with van der Waals surface area (Å²) >= 11 is 0. The van der Waals surface area contributed by atoms with E-state index in [-0.39, 0.29) is 5.91 Å². The minimum atomic E-state index is 0.254. The molecule has 1 N–H and O–H groups in total. The van der Waals surface area contributed by atoms with Crippen molar-refractivity contribution < 1.29 is 4.79 Å². The van der Waals surface area contributed by atoms with Crippen molar-refractivity contribution in [3.05, 3.63) is 71.4 Å². The van der Waals surface area contributed by atoms with Gasteiger partial charge in [0.15, 0.2) is 0 Å². The highest BCUT2D eigenvalue weighted by Crippen LogP contribution is 2.27. The molecule has 0 aliphatic carbocycles. The number of carbonyl (C=O) groups is 1. The van der Waals surface area contributed by atoms with E-state index >= 15 is 0 Å². The maximum Gasteiger partial charge on any atom is 0.223 e. The Bertz CT molecular complexity index is 835. The molecule has 1 aliphatic rings. The van der Waals surface area contributed by atoms with Gasteiger partial charge in [0.25, 0.3) is 0 Å². The van der Waals surface area contributed by atoms with Crippen LogP contribution in [0, 0.1) is 0 Å². The van der Waals surface area contributed by atoms with Crippen molar-refractivity contribution in [1.29, 1.82) is 0 Å². The van der Waals surface area contributed by atoms with Gasteiger partial charge in [-0.05, 0) is 18.1 Å². The van der Waals surface area contributed by atoms with Gasteiger partial charge in [-0.1, -0.05) is 48.5 Å². The van der Waals surface area contributed by atoms with E-state index < -0.39 is 0 Å². The second-order valence-electron chi connectivity index (χ2n) is 6.18. The molecule has 0 atom stereocenters. The van der Waals surface area contributed by atoms with E-state index in [9.17, 15) is 4.79 Å². The predicted molar refractivity (Wildman–Crippen MR) is 92.2 cm³/mol. The largest absolute Gasteiger partial charge is 0.358 e. The highest BCUT2D eigenvalue weighted by molar-refractivity contribution is 5.86. The number of H-pyrrole nitrogens is 1. The minimum absolute atomic E-state index is 0.254. The van der Waals surface area contributed by atoms with Gasteiger partial charge in [0.05, 0.1) is 0 Å². The summed E-state index contributed by atoms with van der Waals surface area (Å²) in [6.45, 7) is 1.54. The smallest absolute Gasteiger partial charge is 0.223 e. The number of aryl methyl sites for hydroxylation is 1. The number of aromatic amines is 1. The highest BCUT2D eigenvalue weighted by atomic mass is 16.2. The fraction of sp³-hybridized carbons (Fsp3) is 0.250. The molecule has 3 aromatic rings. The van der Waals surface area contributed by atoms with Crippen molar-refractivity contribution >= 4 is 16.8 Å². The van der Waals surface area contributed by atoms with Crippen molar-refractivity contribution in [2.24, 2.45) is 0 Å². The van der Waals surface area contributed by atoms with E-state index in [1.165, 1.54) is 27.7 Å². The lowest BCUT2D eigenvalue weighted by Gasteiger charge is -2.27. The monoisotopic (exact) mass is 304 g/mol. The molecule has 0 spiro atoms. The third kappa shape index (κ3) is 2.74. The summed E-state index contributed by atoms with van der Waals surface area (Å²) in [5, 5.41) is 1.25. The number of nitrogens with one attached hydrogen (secondary N) is 1. The minimum Gasteiger partial charge on any atom is -0.358 e. The Labute approximate surface area is 135 Å². The lowest BCUT2D eigenvalue weighted by molar-refractivity contribution is -0.132. The number of hydrogen-bond donors (Lipinski definition) is 1. The molecule has 0 fully saturated rings. The molecule has 0 bridgehead atoms. The van der Waals surface area contributed by atoms with Gasteiger partial charge in [0, 0.05) is 48.1 Å². The van der Waals surface area contributed by atoms with E-state index in [4.69, 9.17) is 0 Å². The zero-order valence-corrected chi connectivity index (χ0v) is 13.1. The number of amides is 1. The van der Waals surface area contributed by atoms with Crippen LogP contribution in [0.4, 0.5) is 0 Å². The number of carbonyl (C=O) groups excluding carboxylic acids is 1. The molecule has 1 aromatic heterocycles. The van der Waals surface area contributed by atoms with Gasteiger partial charge in [0.2, 0.25) is 5.91 Å². The van der Waals surface area contributed by atoms with Crippen molar-refractivity contribution in [2.45, 2.75) is 25.8 Å². The molecule has 3 nitrogen and oxygen atoms in total. The number of benzene rings is 2. The second kappa shape index (κ2) is 5.92. The third-order valence-corrected chi connectivity index (χ3v) is 4.71. The Morgan fingerprint density at radius 3 is 2.70 bits per heavy atom. The summed E-state index contributed by atoms with van der Waals surface area (Å²) < 4.78 is 0. The number of nitrogens with zero attached hydrogens (tertiary/aromatic N) is 1. The topological polar surface area (TPSA) is 36.1 Å². The Morgan fingerprint density at radius 1 is 1.04 bits per heavy atom. The summed E-state index contributed by atoms with van der Waals surface area (Å²) in [4.78, 5) is 18.1. The SMILES string of the molecule is O=C(CCc1ccccc1)N1CCc2[nH]c3ccccc3c2C1. The Balaban J connectivity index is 1.48. The van der Waals surface area contributed by atoms with Gasteiger partial charge in [-0.25, -0.2) is 0 Å². The van der Waals surface area contributed by atoms with Gasteiger partial charge < -0.3 is 9.88 Å². The van der Waals surface area contributed by atoms with Gasteiger partial charge in [-0.2, -0.15) is 0 Å². The molecule has 1 amide bonds. The van der Waals surface area contributed by atoms with Gasteiger partial charge in [-0.3, -0.25) is 4.79 Å². The average Bonchev–Trinajstić information content (AvgIpc) is 2.98. The van der Waals surface area contributed by atoms with Gasteiger partial charge in [-0.15, -0.1) is 0 Å². The van der Waals surface area contributed by atoms with Crippen LogP contribution in [0.5, 0.6) is 0 Å². The molecule has 2 aromatic carbocycles. The average molecular weight is 304 g/mol. The first-order valence-corrected chi connectivity index (χ1v) is 8.21. The number of rotatable bonds is 3.